The number of rotatable bonds is 7. The predicted molar refractivity (Wildman–Crippen MR) is 98.6 cm³/mol. The van der Waals surface area contributed by atoms with Crippen LogP contribution in [0.3, 0.4) is 0 Å². The molecule has 0 N–H and O–H groups in total. The van der Waals surface area contributed by atoms with Gasteiger partial charge in [-0.25, -0.2) is 0 Å². The minimum atomic E-state index is 0.239. The third-order valence-electron chi connectivity index (χ3n) is 3.46. The van der Waals surface area contributed by atoms with Gasteiger partial charge < -0.3 is 4.52 Å². The van der Waals surface area contributed by atoms with Gasteiger partial charge in [-0.1, -0.05) is 48.4 Å². The van der Waals surface area contributed by atoms with Crippen LogP contribution in [0.1, 0.15) is 31.5 Å². The minimum Gasteiger partial charge on any atom is -0.338 e. The largest absolute Gasteiger partial charge is 0.338 e. The summed E-state index contributed by atoms with van der Waals surface area (Å²) < 4.78 is 7.28. The summed E-state index contributed by atoms with van der Waals surface area (Å²) in [6.07, 6.45) is 1.82. The van der Waals surface area contributed by atoms with Gasteiger partial charge >= 0.3 is 0 Å². The molecule has 0 saturated heterocycles. The molecular formula is C17H18ClN5OS. The van der Waals surface area contributed by atoms with E-state index >= 15 is 0 Å². The summed E-state index contributed by atoms with van der Waals surface area (Å²) in [6, 6.07) is 7.52. The lowest BCUT2D eigenvalue weighted by Gasteiger charge is -2.07. The molecule has 1 aromatic carbocycles. The van der Waals surface area contributed by atoms with Crippen LogP contribution >= 0.6 is 23.4 Å². The zero-order valence-corrected chi connectivity index (χ0v) is 15.6. The molecule has 0 radical (unpaired) electrons. The Hall–Kier alpha value is -2.12. The first-order chi connectivity index (χ1) is 12.1. The van der Waals surface area contributed by atoms with Crippen LogP contribution in [0, 0.1) is 0 Å². The molecule has 8 heteroatoms. The maximum atomic E-state index is 5.96. The average molecular weight is 376 g/mol. The van der Waals surface area contributed by atoms with Crippen molar-refractivity contribution < 1.29 is 4.52 Å². The molecule has 0 aliphatic heterocycles. The molecule has 3 rings (SSSR count). The fourth-order valence-electron chi connectivity index (χ4n) is 2.19. The molecule has 130 valence electrons. The van der Waals surface area contributed by atoms with Crippen LogP contribution in [0.5, 0.6) is 0 Å². The van der Waals surface area contributed by atoms with Crippen LogP contribution in [-0.2, 0) is 12.3 Å². The normalized spacial score (nSPS) is 11.2. The van der Waals surface area contributed by atoms with E-state index in [1.165, 1.54) is 11.8 Å². The maximum absolute atomic E-state index is 5.96. The van der Waals surface area contributed by atoms with Crippen LogP contribution < -0.4 is 0 Å². The molecule has 6 nitrogen and oxygen atoms in total. The van der Waals surface area contributed by atoms with Gasteiger partial charge in [-0.05, 0) is 24.3 Å². The zero-order valence-electron chi connectivity index (χ0n) is 14.0. The SMILES string of the molecule is C=CCn1c(SCc2nc(C(C)C)no2)nnc1-c1ccc(Cl)cc1. The standard InChI is InChI=1S/C17H18ClN5OS/c1-4-9-23-16(12-5-7-13(18)8-6-12)20-21-17(23)25-10-14-19-15(11(2)3)22-24-14/h4-8,11H,1,9-10H2,2-3H3. The number of nitrogens with zero attached hydrogens (tertiary/aromatic N) is 5. The number of aromatic nitrogens is 5. The van der Waals surface area contributed by atoms with Gasteiger partial charge in [-0.3, -0.25) is 4.57 Å². The van der Waals surface area contributed by atoms with E-state index in [4.69, 9.17) is 16.1 Å². The van der Waals surface area contributed by atoms with Crippen LogP contribution in [0.4, 0.5) is 0 Å². The van der Waals surface area contributed by atoms with E-state index in [0.29, 0.717) is 29.0 Å². The van der Waals surface area contributed by atoms with Gasteiger partial charge in [0.25, 0.3) is 0 Å². The van der Waals surface area contributed by atoms with Gasteiger partial charge in [0.1, 0.15) is 0 Å². The molecule has 0 aliphatic carbocycles. The maximum Gasteiger partial charge on any atom is 0.237 e. The second kappa shape index (κ2) is 7.84. The highest BCUT2D eigenvalue weighted by Crippen LogP contribution is 2.27. The molecular weight excluding hydrogens is 358 g/mol. The lowest BCUT2D eigenvalue weighted by Crippen LogP contribution is -2.00. The third kappa shape index (κ3) is 4.11. The van der Waals surface area contributed by atoms with Crippen molar-refractivity contribution in [1.82, 2.24) is 24.9 Å². The van der Waals surface area contributed by atoms with Crippen molar-refractivity contribution in [2.75, 3.05) is 0 Å². The van der Waals surface area contributed by atoms with E-state index in [1.807, 2.05) is 48.8 Å². The smallest absolute Gasteiger partial charge is 0.237 e. The summed E-state index contributed by atoms with van der Waals surface area (Å²) in [4.78, 5) is 4.38. The van der Waals surface area contributed by atoms with E-state index in [1.54, 1.807) is 0 Å². The fraction of sp³-hybridized carbons (Fsp3) is 0.294. The monoisotopic (exact) mass is 375 g/mol. The predicted octanol–water partition coefficient (Wildman–Crippen LogP) is 4.58. The average Bonchev–Trinajstić information content (AvgIpc) is 3.21. The van der Waals surface area contributed by atoms with Crippen molar-refractivity contribution >= 4 is 23.4 Å². The Balaban J connectivity index is 1.81. The van der Waals surface area contributed by atoms with Crippen LogP contribution in [0.25, 0.3) is 11.4 Å². The van der Waals surface area contributed by atoms with Crippen molar-refractivity contribution in [1.29, 1.82) is 0 Å². The summed E-state index contributed by atoms with van der Waals surface area (Å²) >= 11 is 7.46. The number of benzene rings is 1. The molecule has 0 bridgehead atoms. The highest BCUT2D eigenvalue weighted by Gasteiger charge is 2.16. The van der Waals surface area contributed by atoms with Crippen LogP contribution in [0.15, 0.2) is 46.6 Å². The molecule has 0 saturated carbocycles. The first-order valence-electron chi connectivity index (χ1n) is 7.83. The fourth-order valence-corrected chi connectivity index (χ4v) is 3.10. The Morgan fingerprint density at radius 2 is 2.04 bits per heavy atom. The van der Waals surface area contributed by atoms with Gasteiger partial charge in [-0.15, -0.1) is 16.8 Å². The summed E-state index contributed by atoms with van der Waals surface area (Å²) in [5.41, 5.74) is 0.950. The van der Waals surface area contributed by atoms with E-state index < -0.39 is 0 Å². The molecule has 2 heterocycles. The molecule has 2 aromatic heterocycles. The Morgan fingerprint density at radius 3 is 2.68 bits per heavy atom. The van der Waals surface area contributed by atoms with E-state index in [9.17, 15) is 0 Å². The molecule has 0 spiro atoms. The van der Waals surface area contributed by atoms with Crippen molar-refractivity contribution in [3.63, 3.8) is 0 Å². The number of hydrogen-bond acceptors (Lipinski definition) is 6. The van der Waals surface area contributed by atoms with Gasteiger partial charge in [0, 0.05) is 23.0 Å². The van der Waals surface area contributed by atoms with E-state index in [-0.39, 0.29) is 5.92 Å². The highest BCUT2D eigenvalue weighted by atomic mass is 35.5. The number of allylic oxidation sites excluding steroid dienone is 1. The first kappa shape index (κ1) is 17.7. The topological polar surface area (TPSA) is 69.6 Å². The van der Waals surface area contributed by atoms with Crippen molar-refractivity contribution in [3.05, 3.63) is 53.7 Å². The molecule has 0 amide bonds. The molecule has 3 aromatic rings. The Morgan fingerprint density at radius 1 is 1.28 bits per heavy atom. The van der Waals surface area contributed by atoms with Gasteiger partial charge in [0.2, 0.25) is 5.89 Å². The second-order valence-electron chi connectivity index (χ2n) is 5.70. The first-order valence-corrected chi connectivity index (χ1v) is 9.20. The summed E-state index contributed by atoms with van der Waals surface area (Å²) in [6.45, 7) is 8.48. The lowest BCUT2D eigenvalue weighted by atomic mass is 10.2. The summed E-state index contributed by atoms with van der Waals surface area (Å²) in [7, 11) is 0. The summed E-state index contributed by atoms with van der Waals surface area (Å²) in [5.74, 6) is 2.84. The quantitative estimate of drug-likeness (QED) is 0.444. The lowest BCUT2D eigenvalue weighted by molar-refractivity contribution is 0.382. The van der Waals surface area contributed by atoms with Gasteiger partial charge in [0.05, 0.1) is 5.75 Å². The third-order valence-corrected chi connectivity index (χ3v) is 4.66. The number of hydrogen-bond donors (Lipinski definition) is 0. The van der Waals surface area contributed by atoms with E-state index in [2.05, 4.69) is 26.9 Å². The van der Waals surface area contributed by atoms with Crippen molar-refractivity contribution in [2.45, 2.75) is 37.2 Å². The zero-order chi connectivity index (χ0) is 17.8. The molecule has 0 fully saturated rings. The molecule has 0 atom stereocenters. The van der Waals surface area contributed by atoms with Crippen molar-refractivity contribution in [2.24, 2.45) is 0 Å². The van der Waals surface area contributed by atoms with Crippen LogP contribution in [-0.4, -0.2) is 24.9 Å². The van der Waals surface area contributed by atoms with E-state index in [0.717, 1.165) is 16.5 Å². The summed E-state index contributed by atoms with van der Waals surface area (Å²) in [5, 5.41) is 14.0. The Kier molecular flexibility index (Phi) is 5.55. The number of thioether (sulfide) groups is 1. The number of halogens is 1. The minimum absolute atomic E-state index is 0.239. The Labute approximate surface area is 155 Å². The van der Waals surface area contributed by atoms with Gasteiger partial charge in [0.15, 0.2) is 16.8 Å². The molecule has 0 aliphatic rings. The molecule has 25 heavy (non-hydrogen) atoms. The van der Waals surface area contributed by atoms with Crippen LogP contribution in [0.2, 0.25) is 5.02 Å². The molecule has 0 unspecified atom stereocenters. The Bertz CT molecular complexity index is 856. The second-order valence-corrected chi connectivity index (χ2v) is 7.08. The highest BCUT2D eigenvalue weighted by molar-refractivity contribution is 7.98. The van der Waals surface area contributed by atoms with Crippen molar-refractivity contribution in [3.8, 4) is 11.4 Å². The van der Waals surface area contributed by atoms with Gasteiger partial charge in [-0.2, -0.15) is 4.98 Å².